The summed E-state index contributed by atoms with van der Waals surface area (Å²) in [5, 5.41) is 3.36. The lowest BCUT2D eigenvalue weighted by atomic mass is 10.1. The average molecular weight is 367 g/mol. The van der Waals surface area contributed by atoms with Crippen LogP contribution in [0.3, 0.4) is 0 Å². The molecule has 0 aromatic heterocycles. The normalized spacial score (nSPS) is 10.4. The fraction of sp³-hybridized carbons (Fsp3) is 0.250. The first-order valence-electron chi connectivity index (χ1n) is 6.45. The quantitative estimate of drug-likeness (QED) is 0.780. The summed E-state index contributed by atoms with van der Waals surface area (Å²) in [5.41, 5.74) is 2.54. The first-order chi connectivity index (χ1) is 9.29. The maximum absolute atomic E-state index is 5.86. The molecule has 2 aromatic rings. The first kappa shape index (κ1) is 14.3. The Morgan fingerprint density at radius 2 is 1.84 bits per heavy atom. The molecule has 0 amide bonds. The van der Waals surface area contributed by atoms with Gasteiger partial charge in [-0.15, -0.1) is 0 Å². The molecule has 0 unspecified atom stereocenters. The molecule has 0 fully saturated rings. The van der Waals surface area contributed by atoms with Gasteiger partial charge in [-0.3, -0.25) is 0 Å². The second-order valence-corrected chi connectivity index (χ2v) is 5.54. The molecular weight excluding hydrogens is 349 g/mol. The Labute approximate surface area is 128 Å². The lowest BCUT2D eigenvalue weighted by molar-refractivity contribution is 0.304. The monoisotopic (exact) mass is 367 g/mol. The van der Waals surface area contributed by atoms with Crippen LogP contribution in [0.25, 0.3) is 0 Å². The van der Waals surface area contributed by atoms with Crippen molar-refractivity contribution in [1.82, 2.24) is 5.32 Å². The number of hydrogen-bond donors (Lipinski definition) is 1. The zero-order chi connectivity index (χ0) is 13.5. The third-order valence-corrected chi connectivity index (χ3v) is 3.55. The van der Waals surface area contributed by atoms with Crippen LogP contribution < -0.4 is 10.1 Å². The maximum Gasteiger partial charge on any atom is 0.120 e. The van der Waals surface area contributed by atoms with E-state index in [2.05, 4.69) is 65.2 Å². The molecule has 0 aliphatic heterocycles. The summed E-state index contributed by atoms with van der Waals surface area (Å²) < 4.78 is 7.05. The second-order valence-electron chi connectivity index (χ2n) is 4.30. The highest BCUT2D eigenvalue weighted by Crippen LogP contribution is 2.17. The minimum Gasteiger partial charge on any atom is -0.489 e. The van der Waals surface area contributed by atoms with Gasteiger partial charge >= 0.3 is 0 Å². The van der Waals surface area contributed by atoms with Crippen LogP contribution >= 0.6 is 22.6 Å². The van der Waals surface area contributed by atoms with E-state index in [1.165, 1.54) is 14.7 Å². The highest BCUT2D eigenvalue weighted by atomic mass is 127. The van der Waals surface area contributed by atoms with Crippen LogP contribution in [0.15, 0.2) is 48.5 Å². The maximum atomic E-state index is 5.86. The third kappa shape index (κ3) is 4.51. The Hall–Kier alpha value is -1.07. The minimum absolute atomic E-state index is 0.613. The summed E-state index contributed by atoms with van der Waals surface area (Å²) in [5.74, 6) is 0.921. The lowest BCUT2D eigenvalue weighted by Crippen LogP contribution is -2.13. The Balaban J connectivity index is 2.02. The minimum atomic E-state index is 0.613. The van der Waals surface area contributed by atoms with Gasteiger partial charge in [0.25, 0.3) is 0 Å². The van der Waals surface area contributed by atoms with Crippen molar-refractivity contribution in [2.45, 2.75) is 20.1 Å². The highest BCUT2D eigenvalue weighted by Gasteiger charge is 2.02. The number of hydrogen-bond acceptors (Lipinski definition) is 2. The Kier molecular flexibility index (Phi) is 5.66. The van der Waals surface area contributed by atoms with E-state index in [1.807, 2.05) is 18.2 Å². The van der Waals surface area contributed by atoms with Gasteiger partial charge in [0.1, 0.15) is 12.4 Å². The largest absolute Gasteiger partial charge is 0.489 e. The SMILES string of the molecule is CCNCc1ccccc1COc1cccc(I)c1. The molecule has 100 valence electrons. The molecule has 3 heteroatoms. The topological polar surface area (TPSA) is 21.3 Å². The van der Waals surface area contributed by atoms with Gasteiger partial charge < -0.3 is 10.1 Å². The number of rotatable bonds is 6. The van der Waals surface area contributed by atoms with Crippen LogP contribution in [0.4, 0.5) is 0 Å². The zero-order valence-electron chi connectivity index (χ0n) is 11.0. The van der Waals surface area contributed by atoms with Crippen molar-refractivity contribution >= 4 is 22.6 Å². The van der Waals surface area contributed by atoms with Gasteiger partial charge in [0.15, 0.2) is 0 Å². The van der Waals surface area contributed by atoms with Gasteiger partial charge in [-0.1, -0.05) is 37.3 Å². The van der Waals surface area contributed by atoms with Crippen molar-refractivity contribution in [3.63, 3.8) is 0 Å². The summed E-state index contributed by atoms with van der Waals surface area (Å²) in [6.07, 6.45) is 0. The summed E-state index contributed by atoms with van der Waals surface area (Å²) in [6, 6.07) is 16.5. The summed E-state index contributed by atoms with van der Waals surface area (Å²) >= 11 is 2.29. The van der Waals surface area contributed by atoms with E-state index in [0.717, 1.165) is 18.8 Å². The lowest BCUT2D eigenvalue weighted by Gasteiger charge is -2.11. The van der Waals surface area contributed by atoms with E-state index < -0.39 is 0 Å². The molecular formula is C16H18INO. The molecule has 2 nitrogen and oxygen atoms in total. The molecule has 0 aliphatic carbocycles. The molecule has 0 aliphatic rings. The van der Waals surface area contributed by atoms with Crippen LogP contribution in [0.2, 0.25) is 0 Å². The van der Waals surface area contributed by atoms with E-state index >= 15 is 0 Å². The summed E-state index contributed by atoms with van der Waals surface area (Å²) in [4.78, 5) is 0. The second kappa shape index (κ2) is 7.50. The van der Waals surface area contributed by atoms with Gasteiger partial charge in [-0.2, -0.15) is 0 Å². The molecule has 0 bridgehead atoms. The van der Waals surface area contributed by atoms with Crippen molar-refractivity contribution < 1.29 is 4.74 Å². The standard InChI is InChI=1S/C16H18INO/c1-2-18-11-13-6-3-4-7-14(13)12-19-16-9-5-8-15(17)10-16/h3-10,18H,2,11-12H2,1H3. The van der Waals surface area contributed by atoms with E-state index in [1.54, 1.807) is 0 Å². The molecule has 0 saturated carbocycles. The van der Waals surface area contributed by atoms with Gasteiger partial charge in [-0.05, 0) is 58.5 Å². The smallest absolute Gasteiger partial charge is 0.120 e. The van der Waals surface area contributed by atoms with E-state index in [0.29, 0.717) is 6.61 Å². The first-order valence-corrected chi connectivity index (χ1v) is 7.53. The summed E-state index contributed by atoms with van der Waals surface area (Å²) in [6.45, 7) is 4.60. The zero-order valence-corrected chi connectivity index (χ0v) is 13.2. The third-order valence-electron chi connectivity index (χ3n) is 2.87. The van der Waals surface area contributed by atoms with Crippen molar-refractivity contribution in [3.05, 3.63) is 63.2 Å². The van der Waals surface area contributed by atoms with Gasteiger partial charge in [0, 0.05) is 10.1 Å². The average Bonchev–Trinajstić information content (AvgIpc) is 2.44. The Morgan fingerprint density at radius 1 is 1.05 bits per heavy atom. The predicted octanol–water partition coefficient (Wildman–Crippen LogP) is 3.98. The molecule has 0 spiro atoms. The van der Waals surface area contributed by atoms with E-state index in [-0.39, 0.29) is 0 Å². The van der Waals surface area contributed by atoms with Crippen molar-refractivity contribution in [1.29, 1.82) is 0 Å². The van der Waals surface area contributed by atoms with Crippen LogP contribution in [-0.4, -0.2) is 6.54 Å². The fourth-order valence-corrected chi connectivity index (χ4v) is 2.36. The summed E-state index contributed by atoms with van der Waals surface area (Å²) in [7, 11) is 0. The van der Waals surface area contributed by atoms with Crippen molar-refractivity contribution in [2.24, 2.45) is 0 Å². The number of benzene rings is 2. The molecule has 0 radical (unpaired) electrons. The van der Waals surface area contributed by atoms with Crippen molar-refractivity contribution in [2.75, 3.05) is 6.54 Å². The van der Waals surface area contributed by atoms with Crippen LogP contribution in [0.1, 0.15) is 18.1 Å². The van der Waals surface area contributed by atoms with Crippen LogP contribution in [-0.2, 0) is 13.2 Å². The Bertz CT molecular complexity index is 528. The molecule has 19 heavy (non-hydrogen) atoms. The number of halogens is 1. The molecule has 0 saturated heterocycles. The van der Waals surface area contributed by atoms with Crippen molar-refractivity contribution in [3.8, 4) is 5.75 Å². The highest BCUT2D eigenvalue weighted by molar-refractivity contribution is 14.1. The van der Waals surface area contributed by atoms with Gasteiger partial charge in [-0.25, -0.2) is 0 Å². The number of ether oxygens (including phenoxy) is 1. The molecule has 1 N–H and O–H groups in total. The van der Waals surface area contributed by atoms with Crippen LogP contribution in [0, 0.1) is 3.57 Å². The fourth-order valence-electron chi connectivity index (χ4n) is 1.85. The predicted molar refractivity (Wildman–Crippen MR) is 87.3 cm³/mol. The molecule has 2 aromatic carbocycles. The molecule has 0 atom stereocenters. The van der Waals surface area contributed by atoms with E-state index in [4.69, 9.17) is 4.74 Å². The molecule has 2 rings (SSSR count). The van der Waals surface area contributed by atoms with E-state index in [9.17, 15) is 0 Å². The van der Waals surface area contributed by atoms with Gasteiger partial charge in [0.05, 0.1) is 0 Å². The van der Waals surface area contributed by atoms with Crippen LogP contribution in [0.5, 0.6) is 5.75 Å². The molecule has 0 heterocycles. The van der Waals surface area contributed by atoms with Gasteiger partial charge in [0.2, 0.25) is 0 Å². The Morgan fingerprint density at radius 3 is 2.58 bits per heavy atom. The number of nitrogens with one attached hydrogen (secondary N) is 1.